The Bertz CT molecular complexity index is 605. The molecule has 0 radical (unpaired) electrons. The molecule has 2 rings (SSSR count). The van der Waals surface area contributed by atoms with Crippen molar-refractivity contribution < 1.29 is 4.79 Å². The van der Waals surface area contributed by atoms with E-state index in [1.54, 1.807) is 12.1 Å². The Morgan fingerprint density at radius 2 is 1.82 bits per heavy atom. The molecule has 1 atom stereocenters. The molecule has 2 aromatic rings. The topological polar surface area (TPSA) is 41.1 Å². The van der Waals surface area contributed by atoms with Gasteiger partial charge in [-0.3, -0.25) is 10.2 Å². The molecular weight excluding hydrogens is 272 g/mol. The number of benzene rings is 2. The molecule has 0 aliphatic carbocycles. The van der Waals surface area contributed by atoms with E-state index in [0.717, 1.165) is 18.4 Å². The minimum Gasteiger partial charge on any atom is -0.287 e. The van der Waals surface area contributed by atoms with Crippen LogP contribution in [0.5, 0.6) is 0 Å². The number of aryl methyl sites for hydroxylation is 1. The van der Waals surface area contributed by atoms with Gasteiger partial charge in [-0.2, -0.15) is 0 Å². The fourth-order valence-corrected chi connectivity index (χ4v) is 2.25. The van der Waals surface area contributed by atoms with Crippen LogP contribution < -0.4 is 10.9 Å². The molecule has 22 heavy (non-hydrogen) atoms. The van der Waals surface area contributed by atoms with Crippen molar-refractivity contribution in [2.75, 3.05) is 0 Å². The van der Waals surface area contributed by atoms with Crippen LogP contribution in [0.15, 0.2) is 67.3 Å². The lowest BCUT2D eigenvalue weighted by molar-refractivity contribution is 0.0925. The maximum absolute atomic E-state index is 12.1. The normalized spacial score (nSPS) is 11.7. The quantitative estimate of drug-likeness (QED) is 0.602. The zero-order valence-corrected chi connectivity index (χ0v) is 12.9. The molecule has 3 nitrogen and oxygen atoms in total. The third-order valence-electron chi connectivity index (χ3n) is 3.59. The van der Waals surface area contributed by atoms with Crippen molar-refractivity contribution in [3.8, 4) is 0 Å². The smallest absolute Gasteiger partial charge is 0.265 e. The van der Waals surface area contributed by atoms with Gasteiger partial charge in [0, 0.05) is 5.56 Å². The van der Waals surface area contributed by atoms with Crippen LogP contribution in [0, 0.1) is 0 Å². The molecule has 0 spiro atoms. The largest absolute Gasteiger partial charge is 0.287 e. The summed E-state index contributed by atoms with van der Waals surface area (Å²) in [7, 11) is 0. The Balaban J connectivity index is 2.02. The SMILES string of the molecule is C=CC[C@H](NNC(=O)c1ccccc1)c1ccc(CC)cc1. The third-order valence-corrected chi connectivity index (χ3v) is 3.59. The van der Waals surface area contributed by atoms with Crippen LogP contribution in [-0.4, -0.2) is 5.91 Å². The molecule has 0 aliphatic heterocycles. The van der Waals surface area contributed by atoms with Gasteiger partial charge in [-0.05, 0) is 36.1 Å². The Morgan fingerprint density at radius 3 is 2.41 bits per heavy atom. The summed E-state index contributed by atoms with van der Waals surface area (Å²) in [6.45, 7) is 5.93. The highest BCUT2D eigenvalue weighted by molar-refractivity contribution is 5.93. The molecule has 0 heterocycles. The summed E-state index contributed by atoms with van der Waals surface area (Å²) < 4.78 is 0. The summed E-state index contributed by atoms with van der Waals surface area (Å²) in [6, 6.07) is 17.6. The zero-order chi connectivity index (χ0) is 15.8. The van der Waals surface area contributed by atoms with Gasteiger partial charge < -0.3 is 0 Å². The molecule has 0 unspecified atom stereocenters. The van der Waals surface area contributed by atoms with Gasteiger partial charge in [0.05, 0.1) is 6.04 Å². The summed E-state index contributed by atoms with van der Waals surface area (Å²) in [5.74, 6) is -0.139. The summed E-state index contributed by atoms with van der Waals surface area (Å²) in [6.07, 6.45) is 3.60. The van der Waals surface area contributed by atoms with Gasteiger partial charge >= 0.3 is 0 Å². The fraction of sp³-hybridized carbons (Fsp3) is 0.211. The molecule has 3 heteroatoms. The van der Waals surface area contributed by atoms with Gasteiger partial charge in [-0.1, -0.05) is 55.5 Å². The van der Waals surface area contributed by atoms with Crippen LogP contribution in [0.25, 0.3) is 0 Å². The van der Waals surface area contributed by atoms with E-state index in [1.165, 1.54) is 5.56 Å². The van der Waals surface area contributed by atoms with Gasteiger partial charge in [-0.15, -0.1) is 6.58 Å². The minimum absolute atomic E-state index is 0.0102. The monoisotopic (exact) mass is 294 g/mol. The van der Waals surface area contributed by atoms with Crippen LogP contribution in [-0.2, 0) is 6.42 Å². The predicted molar refractivity (Wildman–Crippen MR) is 90.4 cm³/mol. The fourth-order valence-electron chi connectivity index (χ4n) is 2.25. The maximum atomic E-state index is 12.1. The Kier molecular flexibility index (Phi) is 5.92. The first kappa shape index (κ1) is 16.0. The average Bonchev–Trinajstić information content (AvgIpc) is 2.59. The Hall–Kier alpha value is -2.39. The van der Waals surface area contributed by atoms with Crippen LogP contribution in [0.2, 0.25) is 0 Å². The van der Waals surface area contributed by atoms with E-state index in [9.17, 15) is 4.79 Å². The molecule has 0 aromatic heterocycles. The van der Waals surface area contributed by atoms with Crippen molar-refractivity contribution in [2.45, 2.75) is 25.8 Å². The molecule has 2 aromatic carbocycles. The van der Waals surface area contributed by atoms with Crippen molar-refractivity contribution >= 4 is 5.91 Å². The summed E-state index contributed by atoms with van der Waals surface area (Å²) >= 11 is 0. The van der Waals surface area contributed by atoms with E-state index in [1.807, 2.05) is 24.3 Å². The molecule has 0 fully saturated rings. The van der Waals surface area contributed by atoms with Crippen LogP contribution >= 0.6 is 0 Å². The number of hydrogen-bond acceptors (Lipinski definition) is 2. The van der Waals surface area contributed by atoms with Crippen molar-refractivity contribution in [3.63, 3.8) is 0 Å². The number of hydrazine groups is 1. The third kappa shape index (κ3) is 4.30. The maximum Gasteiger partial charge on any atom is 0.265 e. The lowest BCUT2D eigenvalue weighted by Gasteiger charge is -2.18. The zero-order valence-electron chi connectivity index (χ0n) is 12.9. The highest BCUT2D eigenvalue weighted by atomic mass is 16.2. The van der Waals surface area contributed by atoms with Gasteiger partial charge in [0.2, 0.25) is 0 Å². The van der Waals surface area contributed by atoms with Crippen molar-refractivity contribution in [2.24, 2.45) is 0 Å². The van der Waals surface area contributed by atoms with E-state index in [2.05, 4.69) is 48.6 Å². The Morgan fingerprint density at radius 1 is 1.14 bits per heavy atom. The number of nitrogens with one attached hydrogen (secondary N) is 2. The average molecular weight is 294 g/mol. The van der Waals surface area contributed by atoms with E-state index >= 15 is 0 Å². The second-order valence-electron chi connectivity index (χ2n) is 5.14. The summed E-state index contributed by atoms with van der Waals surface area (Å²) in [5.41, 5.74) is 8.94. The van der Waals surface area contributed by atoms with Crippen molar-refractivity contribution in [1.82, 2.24) is 10.9 Å². The number of carbonyl (C=O) groups excluding carboxylic acids is 1. The number of hydrogen-bond donors (Lipinski definition) is 2. The Labute approximate surface area is 132 Å². The highest BCUT2D eigenvalue weighted by Gasteiger charge is 2.11. The van der Waals surface area contributed by atoms with E-state index in [4.69, 9.17) is 0 Å². The molecule has 0 saturated heterocycles. The molecule has 0 bridgehead atoms. The van der Waals surface area contributed by atoms with Gasteiger partial charge in [-0.25, -0.2) is 5.43 Å². The number of rotatable bonds is 7. The second kappa shape index (κ2) is 8.15. The first-order valence-corrected chi connectivity index (χ1v) is 7.55. The number of amides is 1. The van der Waals surface area contributed by atoms with Crippen LogP contribution in [0.3, 0.4) is 0 Å². The van der Waals surface area contributed by atoms with E-state index < -0.39 is 0 Å². The molecule has 2 N–H and O–H groups in total. The van der Waals surface area contributed by atoms with E-state index in [0.29, 0.717) is 5.56 Å². The predicted octanol–water partition coefficient (Wildman–Crippen LogP) is 3.80. The van der Waals surface area contributed by atoms with Crippen molar-refractivity contribution in [3.05, 3.63) is 83.9 Å². The summed E-state index contributed by atoms with van der Waals surface area (Å²) in [4.78, 5) is 12.1. The minimum atomic E-state index is -0.139. The lowest BCUT2D eigenvalue weighted by atomic mass is 10.0. The first-order valence-electron chi connectivity index (χ1n) is 7.55. The second-order valence-corrected chi connectivity index (χ2v) is 5.14. The van der Waals surface area contributed by atoms with Gasteiger partial charge in [0.1, 0.15) is 0 Å². The van der Waals surface area contributed by atoms with Gasteiger partial charge in [0.15, 0.2) is 0 Å². The molecule has 114 valence electrons. The lowest BCUT2D eigenvalue weighted by Crippen LogP contribution is -2.39. The highest BCUT2D eigenvalue weighted by Crippen LogP contribution is 2.17. The molecule has 1 amide bonds. The van der Waals surface area contributed by atoms with Crippen molar-refractivity contribution in [1.29, 1.82) is 0 Å². The van der Waals surface area contributed by atoms with E-state index in [-0.39, 0.29) is 11.9 Å². The summed E-state index contributed by atoms with van der Waals surface area (Å²) in [5, 5.41) is 0. The molecule has 0 aliphatic rings. The van der Waals surface area contributed by atoms with Crippen LogP contribution in [0.1, 0.15) is 40.9 Å². The number of carbonyl (C=O) groups is 1. The standard InChI is InChI=1S/C19H22N2O/c1-3-8-18(16-13-11-15(4-2)12-14-16)20-21-19(22)17-9-6-5-7-10-17/h3,5-7,9-14,18,20H,1,4,8H2,2H3,(H,21,22)/t18-/m0/s1. The van der Waals surface area contributed by atoms with Crippen LogP contribution in [0.4, 0.5) is 0 Å². The van der Waals surface area contributed by atoms with Gasteiger partial charge in [0.25, 0.3) is 5.91 Å². The molecular formula is C19H22N2O. The molecule has 0 saturated carbocycles. The first-order chi connectivity index (χ1) is 10.7.